The van der Waals surface area contributed by atoms with Gasteiger partial charge in [-0.1, -0.05) is 17.7 Å². The summed E-state index contributed by atoms with van der Waals surface area (Å²) in [5, 5.41) is 12.7. The molecule has 0 aliphatic heterocycles. The number of aliphatic hydroxyl groups excluding tert-OH is 1. The summed E-state index contributed by atoms with van der Waals surface area (Å²) in [4.78, 5) is 14.8. The zero-order valence-corrected chi connectivity index (χ0v) is 13.4. The number of nitrogens with zero attached hydrogens (tertiary/aromatic N) is 1. The van der Waals surface area contributed by atoms with Crippen LogP contribution < -0.4 is 10.2 Å². The van der Waals surface area contributed by atoms with Gasteiger partial charge in [0.2, 0.25) is 0 Å². The van der Waals surface area contributed by atoms with Crippen LogP contribution in [-0.4, -0.2) is 31.7 Å². The highest BCUT2D eigenvalue weighted by Crippen LogP contribution is 2.26. The van der Waals surface area contributed by atoms with Gasteiger partial charge in [-0.3, -0.25) is 4.79 Å². The number of nitrogens with one attached hydrogen (secondary N) is 1. The number of rotatable bonds is 5. The second-order valence-electron chi connectivity index (χ2n) is 4.81. The number of carbonyl (C=O) groups excluding carboxylic acids is 1. The molecule has 21 heavy (non-hydrogen) atoms. The molecular formula is C15H17ClN2O2S. The number of benzene rings is 1. The molecule has 2 rings (SSSR count). The van der Waals surface area contributed by atoms with Crippen LogP contribution in [0.5, 0.6) is 0 Å². The summed E-state index contributed by atoms with van der Waals surface area (Å²) in [6, 6.07) is 10.8. The van der Waals surface area contributed by atoms with Gasteiger partial charge in [-0.15, -0.1) is 11.3 Å². The molecule has 0 saturated carbocycles. The quantitative estimate of drug-likeness (QED) is 0.889. The van der Waals surface area contributed by atoms with Gasteiger partial charge in [0.05, 0.1) is 4.34 Å². The first-order valence-corrected chi connectivity index (χ1v) is 7.65. The standard InChI is InChI=1S/C15H17ClN2O2S/c1-18(2)11-5-3-4-10(8-11)15(20)17-9-12(19)13-6-7-14(16)21-13/h3-8,12,19H,9H2,1-2H3,(H,17,20). The minimum atomic E-state index is -0.747. The highest BCUT2D eigenvalue weighted by atomic mass is 35.5. The Morgan fingerprint density at radius 1 is 1.38 bits per heavy atom. The fourth-order valence-corrected chi connectivity index (χ4v) is 2.87. The van der Waals surface area contributed by atoms with Crippen molar-refractivity contribution in [1.82, 2.24) is 5.32 Å². The Balaban J connectivity index is 1.97. The van der Waals surface area contributed by atoms with E-state index in [9.17, 15) is 9.90 Å². The topological polar surface area (TPSA) is 52.6 Å². The number of hydrogen-bond acceptors (Lipinski definition) is 4. The van der Waals surface area contributed by atoms with Crippen molar-refractivity contribution in [2.24, 2.45) is 0 Å². The summed E-state index contributed by atoms with van der Waals surface area (Å²) in [5.41, 5.74) is 1.52. The van der Waals surface area contributed by atoms with Gasteiger partial charge in [0.25, 0.3) is 5.91 Å². The van der Waals surface area contributed by atoms with Gasteiger partial charge < -0.3 is 15.3 Å². The number of carbonyl (C=O) groups is 1. The van der Waals surface area contributed by atoms with E-state index in [1.165, 1.54) is 11.3 Å². The molecular weight excluding hydrogens is 308 g/mol. The molecule has 0 bridgehead atoms. The summed E-state index contributed by atoms with van der Waals surface area (Å²) >= 11 is 7.13. The van der Waals surface area contributed by atoms with Crippen LogP contribution in [0.15, 0.2) is 36.4 Å². The third-order valence-corrected chi connectivity index (χ3v) is 4.34. The van der Waals surface area contributed by atoms with Gasteiger partial charge in [0, 0.05) is 36.8 Å². The van der Waals surface area contributed by atoms with E-state index in [2.05, 4.69) is 5.32 Å². The van der Waals surface area contributed by atoms with Crippen molar-refractivity contribution in [1.29, 1.82) is 0 Å². The third kappa shape index (κ3) is 4.20. The van der Waals surface area contributed by atoms with E-state index in [0.717, 1.165) is 10.6 Å². The first kappa shape index (κ1) is 15.8. The van der Waals surface area contributed by atoms with E-state index < -0.39 is 6.10 Å². The van der Waals surface area contributed by atoms with Crippen LogP contribution >= 0.6 is 22.9 Å². The number of hydrogen-bond donors (Lipinski definition) is 2. The lowest BCUT2D eigenvalue weighted by molar-refractivity contribution is 0.0918. The normalized spacial score (nSPS) is 12.0. The smallest absolute Gasteiger partial charge is 0.251 e. The van der Waals surface area contributed by atoms with E-state index in [1.54, 1.807) is 18.2 Å². The predicted molar refractivity (Wildman–Crippen MR) is 87.4 cm³/mol. The van der Waals surface area contributed by atoms with Gasteiger partial charge >= 0.3 is 0 Å². The van der Waals surface area contributed by atoms with Crippen LogP contribution in [0.3, 0.4) is 0 Å². The molecule has 112 valence electrons. The average Bonchev–Trinajstić information content (AvgIpc) is 2.91. The fourth-order valence-electron chi connectivity index (χ4n) is 1.82. The van der Waals surface area contributed by atoms with Gasteiger partial charge in [-0.25, -0.2) is 0 Å². The van der Waals surface area contributed by atoms with Crippen LogP contribution in [0.1, 0.15) is 21.3 Å². The predicted octanol–water partition coefficient (Wildman–Crippen LogP) is 2.93. The Morgan fingerprint density at radius 3 is 2.76 bits per heavy atom. The molecule has 6 heteroatoms. The van der Waals surface area contributed by atoms with E-state index in [4.69, 9.17) is 11.6 Å². The van der Waals surface area contributed by atoms with Crippen molar-refractivity contribution in [3.63, 3.8) is 0 Å². The molecule has 0 fully saturated rings. The average molecular weight is 325 g/mol. The Labute approximate surface area is 133 Å². The lowest BCUT2D eigenvalue weighted by atomic mass is 10.1. The van der Waals surface area contributed by atoms with Crippen LogP contribution in [0, 0.1) is 0 Å². The Hall–Kier alpha value is -1.56. The summed E-state index contributed by atoms with van der Waals surface area (Å²) in [6.45, 7) is 0.155. The minimum absolute atomic E-state index is 0.155. The van der Waals surface area contributed by atoms with Crippen molar-refractivity contribution in [3.05, 3.63) is 51.2 Å². The Bertz CT molecular complexity index is 628. The molecule has 2 N–H and O–H groups in total. The summed E-state index contributed by atoms with van der Waals surface area (Å²) in [6.07, 6.45) is -0.747. The second kappa shape index (κ2) is 6.93. The van der Waals surface area contributed by atoms with Crippen molar-refractivity contribution in [3.8, 4) is 0 Å². The number of aliphatic hydroxyl groups is 1. The van der Waals surface area contributed by atoms with Gasteiger partial charge in [-0.05, 0) is 30.3 Å². The van der Waals surface area contributed by atoms with Crippen molar-refractivity contribution < 1.29 is 9.90 Å². The number of amides is 1. The number of thiophene rings is 1. The molecule has 1 atom stereocenters. The molecule has 1 aromatic heterocycles. The largest absolute Gasteiger partial charge is 0.386 e. The van der Waals surface area contributed by atoms with E-state index in [0.29, 0.717) is 9.90 Å². The first-order chi connectivity index (χ1) is 9.97. The summed E-state index contributed by atoms with van der Waals surface area (Å²) in [7, 11) is 3.84. The van der Waals surface area contributed by atoms with Crippen LogP contribution in [0.4, 0.5) is 5.69 Å². The molecule has 1 heterocycles. The maximum Gasteiger partial charge on any atom is 0.251 e. The SMILES string of the molecule is CN(C)c1cccc(C(=O)NCC(O)c2ccc(Cl)s2)c1. The molecule has 0 spiro atoms. The lowest BCUT2D eigenvalue weighted by Crippen LogP contribution is -2.28. The van der Waals surface area contributed by atoms with Crippen LogP contribution in [0.25, 0.3) is 0 Å². The molecule has 1 amide bonds. The number of anilines is 1. The highest BCUT2D eigenvalue weighted by molar-refractivity contribution is 7.16. The molecule has 0 saturated heterocycles. The Morgan fingerprint density at radius 2 is 2.14 bits per heavy atom. The van der Waals surface area contributed by atoms with E-state index in [1.807, 2.05) is 37.2 Å². The monoisotopic (exact) mass is 324 g/mol. The molecule has 4 nitrogen and oxygen atoms in total. The molecule has 0 aliphatic carbocycles. The summed E-state index contributed by atoms with van der Waals surface area (Å²) in [5.74, 6) is -0.208. The second-order valence-corrected chi connectivity index (χ2v) is 6.56. The minimum Gasteiger partial charge on any atom is -0.386 e. The van der Waals surface area contributed by atoms with Crippen LogP contribution in [-0.2, 0) is 0 Å². The zero-order valence-electron chi connectivity index (χ0n) is 11.8. The lowest BCUT2D eigenvalue weighted by Gasteiger charge is -2.14. The maximum absolute atomic E-state index is 12.1. The maximum atomic E-state index is 12.1. The zero-order chi connectivity index (χ0) is 15.4. The van der Waals surface area contributed by atoms with Gasteiger partial charge in [0.15, 0.2) is 0 Å². The van der Waals surface area contributed by atoms with Crippen molar-refractivity contribution in [2.75, 3.05) is 25.5 Å². The van der Waals surface area contributed by atoms with Crippen LogP contribution in [0.2, 0.25) is 4.34 Å². The van der Waals surface area contributed by atoms with E-state index >= 15 is 0 Å². The van der Waals surface area contributed by atoms with E-state index in [-0.39, 0.29) is 12.5 Å². The molecule has 1 unspecified atom stereocenters. The third-order valence-electron chi connectivity index (χ3n) is 3.00. The first-order valence-electron chi connectivity index (χ1n) is 6.46. The molecule has 2 aromatic rings. The summed E-state index contributed by atoms with van der Waals surface area (Å²) < 4.78 is 0.620. The molecule has 1 aromatic carbocycles. The fraction of sp³-hybridized carbons (Fsp3) is 0.267. The molecule has 0 aliphatic rings. The van der Waals surface area contributed by atoms with Gasteiger partial charge in [-0.2, -0.15) is 0 Å². The Kier molecular flexibility index (Phi) is 5.22. The van der Waals surface area contributed by atoms with Crippen molar-refractivity contribution >= 4 is 34.5 Å². The molecule has 0 radical (unpaired) electrons. The highest BCUT2D eigenvalue weighted by Gasteiger charge is 2.13. The van der Waals surface area contributed by atoms with Crippen molar-refractivity contribution in [2.45, 2.75) is 6.10 Å². The number of halogens is 1. The van der Waals surface area contributed by atoms with Gasteiger partial charge in [0.1, 0.15) is 6.10 Å².